The van der Waals surface area contributed by atoms with E-state index in [4.69, 9.17) is 18.7 Å². The Bertz CT molecular complexity index is 1360. The van der Waals surface area contributed by atoms with Crippen LogP contribution in [0.4, 0.5) is 0 Å². The minimum absolute atomic E-state index is 0.00935. The molecule has 0 radical (unpaired) electrons. The number of aliphatic hydroxyl groups excluding tert-OH is 1. The zero-order valence-corrected chi connectivity index (χ0v) is 26.6. The molecule has 0 saturated carbocycles. The molecule has 6 atom stereocenters. The number of nitrogens with one attached hydrogen (secondary N) is 3. The summed E-state index contributed by atoms with van der Waals surface area (Å²) in [6.07, 6.45) is -2.36. The Morgan fingerprint density at radius 2 is 1.67 bits per heavy atom. The Kier molecular flexibility index (Phi) is 11.3. The third-order valence-electron chi connectivity index (χ3n) is 7.02. The maximum atomic E-state index is 14.3. The van der Waals surface area contributed by atoms with Crippen LogP contribution in [0.2, 0.25) is 0 Å². The first-order valence-electron chi connectivity index (χ1n) is 14.0. The molecule has 5 N–H and O–H groups in total. The fraction of sp³-hybridized carbons (Fsp3) is 0.731. The summed E-state index contributed by atoms with van der Waals surface area (Å²) >= 11 is 0. The van der Waals surface area contributed by atoms with Gasteiger partial charge < -0.3 is 33.9 Å². The molecule has 0 bridgehead atoms. The predicted molar refractivity (Wildman–Crippen MR) is 154 cm³/mol. The lowest BCUT2D eigenvalue weighted by atomic mass is 9.96. The third-order valence-corrected chi connectivity index (χ3v) is 8.83. The highest BCUT2D eigenvalue weighted by Crippen LogP contribution is 2.44. The van der Waals surface area contributed by atoms with E-state index in [1.54, 1.807) is 6.92 Å². The lowest BCUT2D eigenvalue weighted by molar-refractivity contribution is -0.143. The number of aromatic nitrogens is 4. The van der Waals surface area contributed by atoms with Crippen LogP contribution < -0.4 is 15.7 Å². The smallest absolute Gasteiger partial charge is 0.342 e. The standard InChI is InChI=1S/C26H43N6O10P/c1-13(2)9-16(23(35)39-7)30-43(38,31-17(10-14(3)4)24(36)40-8)41-11-18-20(33)26(6,37)25(42-18)32-12-27-19-21(32)28-15(5)29-22(19)34/h12-14,16-18,20,25,33,37H,9-11H2,1-8H3,(H,28,29,34)(H2,30,31,38)/t16?,17?,18-,20+,25-,26?,43?/m1/s1. The predicted octanol–water partition coefficient (Wildman–Crippen LogP) is 0.917. The largest absolute Gasteiger partial charge is 0.468 e. The van der Waals surface area contributed by atoms with Gasteiger partial charge in [-0.1, -0.05) is 27.7 Å². The Morgan fingerprint density at radius 1 is 1.14 bits per heavy atom. The molecule has 0 spiro atoms. The molecule has 2 aromatic heterocycles. The molecule has 242 valence electrons. The molecule has 2 aromatic rings. The fourth-order valence-electron chi connectivity index (χ4n) is 4.92. The molecular formula is C26H43N6O10P. The van der Waals surface area contributed by atoms with E-state index in [1.807, 2.05) is 27.7 Å². The van der Waals surface area contributed by atoms with Gasteiger partial charge in [-0.05, 0) is 38.5 Å². The highest BCUT2D eigenvalue weighted by Gasteiger charge is 2.54. The molecule has 1 saturated heterocycles. The molecule has 3 unspecified atom stereocenters. The number of nitrogens with zero attached hydrogens (tertiary/aromatic N) is 3. The minimum atomic E-state index is -4.28. The van der Waals surface area contributed by atoms with Gasteiger partial charge in [0.05, 0.1) is 27.2 Å². The topological polar surface area (TPSA) is 216 Å². The Hall–Kier alpha value is -2.72. The number of methoxy groups -OCH3 is 2. The first-order chi connectivity index (χ1) is 20.0. The van der Waals surface area contributed by atoms with Crippen LogP contribution >= 0.6 is 7.67 Å². The second-order valence-corrected chi connectivity index (χ2v) is 13.6. The highest BCUT2D eigenvalue weighted by atomic mass is 31.2. The molecule has 16 nitrogen and oxygen atoms in total. The van der Waals surface area contributed by atoms with Crippen LogP contribution in [0.5, 0.6) is 0 Å². The number of fused-ring (bicyclic) bond motifs is 1. The van der Waals surface area contributed by atoms with E-state index in [0.29, 0.717) is 5.82 Å². The number of aryl methyl sites for hydroxylation is 1. The van der Waals surface area contributed by atoms with Crippen LogP contribution in [-0.4, -0.2) is 92.4 Å². The minimum Gasteiger partial charge on any atom is -0.468 e. The molecule has 0 aromatic carbocycles. The van der Waals surface area contributed by atoms with E-state index < -0.39 is 67.9 Å². The average molecular weight is 631 g/mol. The number of carbonyl (C=O) groups is 2. The van der Waals surface area contributed by atoms with Gasteiger partial charge in [0.2, 0.25) is 0 Å². The van der Waals surface area contributed by atoms with E-state index in [1.165, 1.54) is 32.0 Å². The summed E-state index contributed by atoms with van der Waals surface area (Å²) in [6.45, 7) is 9.82. The number of H-pyrrole nitrogens is 1. The van der Waals surface area contributed by atoms with E-state index in [0.717, 1.165) is 0 Å². The number of imidazole rings is 1. The second-order valence-electron chi connectivity index (χ2n) is 11.7. The van der Waals surface area contributed by atoms with E-state index >= 15 is 0 Å². The van der Waals surface area contributed by atoms with Crippen molar-refractivity contribution < 1.29 is 43.1 Å². The number of rotatable bonds is 14. The monoisotopic (exact) mass is 630 g/mol. The van der Waals surface area contributed by atoms with E-state index in [-0.39, 0.29) is 35.8 Å². The lowest BCUT2D eigenvalue weighted by Crippen LogP contribution is -2.47. The average Bonchev–Trinajstić information content (AvgIpc) is 3.43. The number of hydrogen-bond acceptors (Lipinski definition) is 12. The maximum absolute atomic E-state index is 14.3. The number of ether oxygens (including phenoxy) is 3. The molecule has 0 amide bonds. The zero-order chi connectivity index (χ0) is 32.3. The zero-order valence-electron chi connectivity index (χ0n) is 25.7. The van der Waals surface area contributed by atoms with Crippen molar-refractivity contribution >= 4 is 30.8 Å². The molecule has 3 heterocycles. The van der Waals surface area contributed by atoms with Gasteiger partial charge in [0.25, 0.3) is 5.56 Å². The normalized spacial score (nSPS) is 25.2. The van der Waals surface area contributed by atoms with Gasteiger partial charge in [0.15, 0.2) is 17.4 Å². The molecular weight excluding hydrogens is 587 g/mol. The summed E-state index contributed by atoms with van der Waals surface area (Å²) in [5.74, 6) is -1.10. The summed E-state index contributed by atoms with van der Waals surface area (Å²) in [4.78, 5) is 48.4. The van der Waals surface area contributed by atoms with Gasteiger partial charge in [0.1, 0.15) is 35.7 Å². The van der Waals surface area contributed by atoms with Gasteiger partial charge in [-0.25, -0.2) is 20.1 Å². The van der Waals surface area contributed by atoms with Crippen molar-refractivity contribution in [1.29, 1.82) is 0 Å². The molecule has 43 heavy (non-hydrogen) atoms. The maximum Gasteiger partial charge on any atom is 0.342 e. The van der Waals surface area contributed by atoms with Crippen LogP contribution in [0.1, 0.15) is 59.5 Å². The Balaban J connectivity index is 1.92. The first-order valence-corrected chi connectivity index (χ1v) is 15.6. The molecule has 1 aliphatic rings. The van der Waals surface area contributed by atoms with Gasteiger partial charge in [0, 0.05) is 0 Å². The Morgan fingerprint density at radius 3 is 2.16 bits per heavy atom. The molecule has 1 fully saturated rings. The summed E-state index contributed by atoms with van der Waals surface area (Å²) in [7, 11) is -1.89. The number of esters is 2. The SMILES string of the molecule is COC(=O)C(CC(C)C)NP(=O)(NC(CC(C)C)C(=O)OC)OC[C@H]1O[C@@H](n2cnc3c(=O)[nH]c(C)nc32)C(C)(O)[C@H]1O. The van der Waals surface area contributed by atoms with Crippen LogP contribution in [-0.2, 0) is 32.9 Å². The molecule has 0 aliphatic carbocycles. The number of aliphatic hydroxyl groups is 2. The van der Waals surface area contributed by atoms with Crippen molar-refractivity contribution in [3.05, 3.63) is 22.5 Å². The quantitative estimate of drug-likeness (QED) is 0.145. The molecule has 1 aliphatic heterocycles. The van der Waals surface area contributed by atoms with Crippen molar-refractivity contribution in [2.45, 2.75) is 90.5 Å². The highest BCUT2D eigenvalue weighted by molar-refractivity contribution is 7.54. The second kappa shape index (κ2) is 13.9. The summed E-state index contributed by atoms with van der Waals surface area (Å²) in [6, 6.07) is -2.15. The van der Waals surface area contributed by atoms with E-state index in [9.17, 15) is 29.2 Å². The summed E-state index contributed by atoms with van der Waals surface area (Å²) in [5.41, 5.74) is -2.28. The summed E-state index contributed by atoms with van der Waals surface area (Å²) < 4.78 is 37.2. The van der Waals surface area contributed by atoms with Crippen LogP contribution in [0.3, 0.4) is 0 Å². The third kappa shape index (κ3) is 8.06. The van der Waals surface area contributed by atoms with Crippen LogP contribution in [0, 0.1) is 18.8 Å². The van der Waals surface area contributed by atoms with Gasteiger partial charge in [-0.15, -0.1) is 0 Å². The fourth-order valence-corrected chi connectivity index (χ4v) is 6.74. The molecule has 17 heteroatoms. The lowest BCUT2D eigenvalue weighted by Gasteiger charge is -2.30. The van der Waals surface area contributed by atoms with Crippen LogP contribution in [0.15, 0.2) is 11.1 Å². The van der Waals surface area contributed by atoms with Crippen LogP contribution in [0.25, 0.3) is 11.2 Å². The van der Waals surface area contributed by atoms with E-state index in [2.05, 4.69) is 25.1 Å². The van der Waals surface area contributed by atoms with Gasteiger partial charge in [-0.3, -0.25) is 23.5 Å². The van der Waals surface area contributed by atoms with Crippen molar-refractivity contribution in [2.24, 2.45) is 11.8 Å². The molecule has 3 rings (SSSR count). The van der Waals surface area contributed by atoms with Crippen molar-refractivity contribution in [3.63, 3.8) is 0 Å². The van der Waals surface area contributed by atoms with Crippen molar-refractivity contribution in [1.82, 2.24) is 29.7 Å². The van der Waals surface area contributed by atoms with Gasteiger partial charge >= 0.3 is 19.6 Å². The van der Waals surface area contributed by atoms with Crippen molar-refractivity contribution in [3.8, 4) is 0 Å². The Labute approximate surface area is 249 Å². The number of carbonyl (C=O) groups excluding carboxylic acids is 2. The van der Waals surface area contributed by atoms with Crippen molar-refractivity contribution in [2.75, 3.05) is 20.8 Å². The summed E-state index contributed by atoms with van der Waals surface area (Å²) in [5, 5.41) is 27.8. The van der Waals surface area contributed by atoms with Gasteiger partial charge in [-0.2, -0.15) is 0 Å². The number of aromatic amines is 1. The number of hydrogen-bond donors (Lipinski definition) is 5. The first kappa shape index (κ1) is 34.8.